The Balaban J connectivity index is 1.78. The van der Waals surface area contributed by atoms with E-state index in [2.05, 4.69) is 72.8 Å². The molecule has 0 aliphatic heterocycles. The van der Waals surface area contributed by atoms with E-state index in [4.69, 9.17) is 0 Å². The van der Waals surface area contributed by atoms with Gasteiger partial charge in [0.2, 0.25) is 0 Å². The molecule has 0 unspecified atom stereocenters. The number of rotatable bonds is 4. The van der Waals surface area contributed by atoms with Crippen molar-refractivity contribution >= 4 is 27.2 Å². The lowest BCUT2D eigenvalue weighted by Gasteiger charge is -2.18. The van der Waals surface area contributed by atoms with Gasteiger partial charge in [0, 0.05) is 6.07 Å². The Morgan fingerprint density at radius 1 is 0.457 bits per heavy atom. The zero-order chi connectivity index (χ0) is 23.8. The molecule has 0 spiro atoms. The molecule has 0 saturated carbocycles. The maximum atomic E-state index is 11.8. The van der Waals surface area contributed by atoms with Crippen molar-refractivity contribution in [3.63, 3.8) is 0 Å². The van der Waals surface area contributed by atoms with E-state index in [1.54, 1.807) is 12.1 Å². The summed E-state index contributed by atoms with van der Waals surface area (Å²) in [4.78, 5) is 11.5. The maximum absolute atomic E-state index is 11.8. The molecule has 0 bridgehead atoms. The first-order valence-electron chi connectivity index (χ1n) is 11.6. The largest absolute Gasteiger partial charge is 0.277 e. The molecule has 3 nitrogen and oxygen atoms in total. The second-order valence-electron chi connectivity index (χ2n) is 8.56. The molecule has 0 fully saturated rings. The van der Waals surface area contributed by atoms with Crippen LogP contribution >= 0.6 is 0 Å². The van der Waals surface area contributed by atoms with Crippen molar-refractivity contribution in [1.29, 1.82) is 0 Å². The van der Waals surface area contributed by atoms with Gasteiger partial charge in [0.1, 0.15) is 0 Å². The van der Waals surface area contributed by atoms with Gasteiger partial charge in [0.05, 0.1) is 10.5 Å². The molecule has 0 amide bonds. The molecule has 6 aromatic carbocycles. The molecule has 0 N–H and O–H groups in total. The summed E-state index contributed by atoms with van der Waals surface area (Å²) in [6, 6.07) is 42.4. The first kappa shape index (κ1) is 20.8. The van der Waals surface area contributed by atoms with Crippen molar-refractivity contribution in [2.75, 3.05) is 0 Å². The molecule has 0 heterocycles. The fourth-order valence-electron chi connectivity index (χ4n) is 5.05. The van der Waals surface area contributed by atoms with Crippen LogP contribution in [-0.2, 0) is 0 Å². The average molecular weight is 452 g/mol. The summed E-state index contributed by atoms with van der Waals surface area (Å²) < 4.78 is 0. The first-order chi connectivity index (χ1) is 17.2. The van der Waals surface area contributed by atoms with Crippen LogP contribution in [0.5, 0.6) is 0 Å². The Morgan fingerprint density at radius 2 is 0.943 bits per heavy atom. The number of benzene rings is 6. The summed E-state index contributed by atoms with van der Waals surface area (Å²) in [5.74, 6) is 0. The van der Waals surface area contributed by atoms with Crippen LogP contribution in [0.2, 0.25) is 0 Å². The second-order valence-corrected chi connectivity index (χ2v) is 8.56. The van der Waals surface area contributed by atoms with Gasteiger partial charge < -0.3 is 0 Å². The minimum Gasteiger partial charge on any atom is -0.258 e. The third-order valence-corrected chi connectivity index (χ3v) is 6.56. The van der Waals surface area contributed by atoms with E-state index >= 15 is 0 Å². The van der Waals surface area contributed by atoms with Crippen LogP contribution in [0.3, 0.4) is 0 Å². The number of hydrogen-bond acceptors (Lipinski definition) is 2. The van der Waals surface area contributed by atoms with E-state index in [1.807, 2.05) is 42.5 Å². The summed E-state index contributed by atoms with van der Waals surface area (Å²) in [6.45, 7) is 0. The van der Waals surface area contributed by atoms with Crippen molar-refractivity contribution in [2.24, 2.45) is 0 Å². The lowest BCUT2D eigenvalue weighted by molar-refractivity contribution is -0.384. The van der Waals surface area contributed by atoms with Crippen molar-refractivity contribution in [1.82, 2.24) is 0 Å². The Morgan fingerprint density at radius 3 is 1.54 bits per heavy atom. The molecule has 6 aromatic rings. The molecule has 0 aliphatic rings. The molecule has 3 heteroatoms. The lowest BCUT2D eigenvalue weighted by Crippen LogP contribution is -1.93. The van der Waals surface area contributed by atoms with E-state index in [-0.39, 0.29) is 10.6 Å². The van der Waals surface area contributed by atoms with Gasteiger partial charge in [-0.25, -0.2) is 0 Å². The molecule has 6 rings (SSSR count). The van der Waals surface area contributed by atoms with Gasteiger partial charge in [0.15, 0.2) is 0 Å². The minimum atomic E-state index is -0.312. The highest BCUT2D eigenvalue weighted by molar-refractivity contribution is 6.22. The smallest absolute Gasteiger partial charge is 0.258 e. The third-order valence-electron chi connectivity index (χ3n) is 6.56. The standard InChI is InChI=1S/C32H21NO2/c34-33(35)30-18-10-9-15-25(30)24-19-20-28-29(21-24)32(23-13-5-2-6-14-23)27-17-8-7-16-26(27)31(28)22-11-3-1-4-12-22/h1-21H. The Labute approximate surface area is 203 Å². The summed E-state index contributed by atoms with van der Waals surface area (Å²) in [7, 11) is 0. The number of hydrogen-bond donors (Lipinski definition) is 0. The summed E-state index contributed by atoms with van der Waals surface area (Å²) >= 11 is 0. The van der Waals surface area contributed by atoms with Crippen molar-refractivity contribution < 1.29 is 4.92 Å². The van der Waals surface area contributed by atoms with Gasteiger partial charge in [0.25, 0.3) is 5.69 Å². The van der Waals surface area contributed by atoms with E-state index in [9.17, 15) is 10.1 Å². The normalized spacial score (nSPS) is 11.1. The van der Waals surface area contributed by atoms with E-state index in [1.165, 1.54) is 10.9 Å². The zero-order valence-corrected chi connectivity index (χ0v) is 18.9. The highest BCUT2D eigenvalue weighted by Crippen LogP contribution is 2.45. The van der Waals surface area contributed by atoms with Crippen LogP contribution in [0.25, 0.3) is 54.9 Å². The second kappa shape index (κ2) is 8.54. The van der Waals surface area contributed by atoms with Gasteiger partial charge in [-0.05, 0) is 61.5 Å². The number of nitro benzene ring substituents is 1. The van der Waals surface area contributed by atoms with Gasteiger partial charge in [-0.2, -0.15) is 0 Å². The SMILES string of the molecule is O=[N+]([O-])c1ccccc1-c1ccc2c(-c3ccccc3)c3ccccc3c(-c3ccccc3)c2c1. The molecule has 166 valence electrons. The maximum Gasteiger partial charge on any atom is 0.277 e. The van der Waals surface area contributed by atoms with Crippen LogP contribution in [0.15, 0.2) is 127 Å². The van der Waals surface area contributed by atoms with Crippen LogP contribution in [0.1, 0.15) is 0 Å². The summed E-state index contributed by atoms with van der Waals surface area (Å²) in [6.07, 6.45) is 0. The molecular weight excluding hydrogens is 430 g/mol. The predicted molar refractivity (Wildman–Crippen MR) is 144 cm³/mol. The molecule has 0 saturated heterocycles. The van der Waals surface area contributed by atoms with Crippen LogP contribution in [0.4, 0.5) is 5.69 Å². The van der Waals surface area contributed by atoms with Gasteiger partial charge in [-0.15, -0.1) is 0 Å². The number of nitrogens with zero attached hydrogens (tertiary/aromatic N) is 1. The van der Waals surface area contributed by atoms with E-state index in [0.717, 1.165) is 38.4 Å². The molecule has 0 aliphatic carbocycles. The van der Waals surface area contributed by atoms with Crippen LogP contribution in [-0.4, -0.2) is 4.92 Å². The lowest BCUT2D eigenvalue weighted by atomic mass is 9.85. The highest BCUT2D eigenvalue weighted by Gasteiger charge is 2.19. The van der Waals surface area contributed by atoms with Crippen molar-refractivity contribution in [3.05, 3.63) is 138 Å². The molecule has 0 aromatic heterocycles. The molecule has 0 radical (unpaired) electrons. The van der Waals surface area contributed by atoms with Gasteiger partial charge >= 0.3 is 0 Å². The van der Waals surface area contributed by atoms with Crippen molar-refractivity contribution in [3.8, 4) is 33.4 Å². The zero-order valence-electron chi connectivity index (χ0n) is 18.9. The van der Waals surface area contributed by atoms with Gasteiger partial charge in [-0.3, -0.25) is 10.1 Å². The summed E-state index contributed by atoms with van der Waals surface area (Å²) in [5, 5.41) is 16.3. The van der Waals surface area contributed by atoms with Crippen molar-refractivity contribution in [2.45, 2.75) is 0 Å². The average Bonchev–Trinajstić information content (AvgIpc) is 2.92. The number of fused-ring (bicyclic) bond motifs is 2. The molecule has 35 heavy (non-hydrogen) atoms. The predicted octanol–water partition coefficient (Wildman–Crippen LogP) is 8.90. The van der Waals surface area contributed by atoms with E-state index in [0.29, 0.717) is 5.56 Å². The first-order valence-corrected chi connectivity index (χ1v) is 11.6. The van der Waals surface area contributed by atoms with Crippen LogP contribution in [0, 0.1) is 10.1 Å². The third kappa shape index (κ3) is 3.54. The molecular formula is C32H21NO2. The number of nitro groups is 1. The minimum absolute atomic E-state index is 0.109. The monoisotopic (exact) mass is 451 g/mol. The molecule has 0 atom stereocenters. The Bertz CT molecular complexity index is 1710. The number of para-hydroxylation sites is 1. The quantitative estimate of drug-likeness (QED) is 0.153. The fraction of sp³-hybridized carbons (Fsp3) is 0. The highest BCUT2D eigenvalue weighted by atomic mass is 16.6. The fourth-order valence-corrected chi connectivity index (χ4v) is 5.05. The Kier molecular flexibility index (Phi) is 5.08. The summed E-state index contributed by atoms with van der Waals surface area (Å²) in [5.41, 5.74) is 6.13. The van der Waals surface area contributed by atoms with Gasteiger partial charge in [-0.1, -0.05) is 109 Å². The van der Waals surface area contributed by atoms with E-state index < -0.39 is 0 Å². The van der Waals surface area contributed by atoms with Crippen LogP contribution < -0.4 is 0 Å². The Hall–Kier alpha value is -4.76. The topological polar surface area (TPSA) is 43.1 Å².